The van der Waals surface area contributed by atoms with Crippen LogP contribution < -0.4 is 0 Å². The number of nitrogens with zero attached hydrogens (tertiary/aromatic N) is 1. The van der Waals surface area contributed by atoms with E-state index in [4.69, 9.17) is 0 Å². The number of rotatable bonds is 17. The molecule has 0 aliphatic heterocycles. The maximum atomic E-state index is 9.33. The normalized spacial score (nSPS) is 11.9. The second-order valence-corrected chi connectivity index (χ2v) is 9.21. The lowest BCUT2D eigenvalue weighted by molar-refractivity contribution is -0.870. The topological polar surface area (TPSA) is 75.7 Å². The van der Waals surface area contributed by atoms with Gasteiger partial charge in [-0.25, -0.2) is 13.3 Å². The highest BCUT2D eigenvalue weighted by atomic mass is 32.3. The summed E-state index contributed by atoms with van der Waals surface area (Å²) >= 11 is 0. The highest BCUT2D eigenvalue weighted by Gasteiger charge is 2.04. The summed E-state index contributed by atoms with van der Waals surface area (Å²) in [6.45, 7) is 3.63. The van der Waals surface area contributed by atoms with E-state index in [1.165, 1.54) is 96.4 Å². The largest absolute Gasteiger partial charge is 0.724 e. The number of unbranched alkanes of at least 4 members (excludes halogenated alkanes) is 13. The molecule has 0 atom stereocenters. The maximum Gasteiger partial charge on any atom is 0.245 e. The van der Waals surface area contributed by atoms with Crippen molar-refractivity contribution in [1.82, 2.24) is 0 Å². The molecule has 0 fully saturated rings. The van der Waals surface area contributed by atoms with Crippen LogP contribution in [-0.4, -0.2) is 52.3 Å². The van der Waals surface area contributed by atoms with E-state index in [1.807, 2.05) is 0 Å². The van der Waals surface area contributed by atoms with Gasteiger partial charge in [0.15, 0.2) is 0 Å². The molecule has 0 heterocycles. The molecule has 6 nitrogen and oxygen atoms in total. The Morgan fingerprint density at radius 3 is 1.26 bits per heavy atom. The van der Waals surface area contributed by atoms with Crippen LogP contribution in [0.1, 0.15) is 96.8 Å². The number of quaternary nitrogens is 1. The van der Waals surface area contributed by atoms with Crippen LogP contribution in [0.4, 0.5) is 0 Å². The molecule has 0 saturated heterocycles. The molecule has 0 aliphatic carbocycles. The molecule has 0 N–H and O–H groups in total. The van der Waals surface area contributed by atoms with Gasteiger partial charge in [0.1, 0.15) is 0 Å². The van der Waals surface area contributed by atoms with E-state index in [0.717, 1.165) is 11.6 Å². The zero-order valence-corrected chi connectivity index (χ0v) is 19.3. The molecule has 0 unspecified atom stereocenters. The minimum absolute atomic E-state index is 0.926. The van der Waals surface area contributed by atoms with Crippen molar-refractivity contribution in [3.63, 3.8) is 0 Å². The summed E-state index contributed by atoms with van der Waals surface area (Å²) < 4.78 is 32.3. The fourth-order valence-corrected chi connectivity index (χ4v) is 3.03. The zero-order valence-electron chi connectivity index (χ0n) is 18.5. The first kappa shape index (κ1) is 29.0. The second-order valence-electron chi connectivity index (χ2n) is 8.25. The van der Waals surface area contributed by atoms with Crippen LogP contribution in [0.25, 0.3) is 0 Å². The highest BCUT2D eigenvalue weighted by molar-refractivity contribution is 7.80. The fraction of sp³-hybridized carbons (Fsp3) is 1.00. The van der Waals surface area contributed by atoms with Crippen molar-refractivity contribution in [3.05, 3.63) is 0 Å². The average molecular weight is 412 g/mol. The predicted octanol–water partition coefficient (Wildman–Crippen LogP) is 5.20. The minimum Gasteiger partial charge on any atom is -0.724 e. The van der Waals surface area contributed by atoms with Crippen LogP contribution in [0.5, 0.6) is 0 Å². The van der Waals surface area contributed by atoms with Gasteiger partial charge >= 0.3 is 0 Å². The van der Waals surface area contributed by atoms with Crippen molar-refractivity contribution < 1.29 is 26.7 Å². The maximum absolute atomic E-state index is 9.33. The van der Waals surface area contributed by atoms with E-state index in [1.54, 1.807) is 0 Å². The number of hydrogen-bond acceptors (Lipinski definition) is 5. The van der Waals surface area contributed by atoms with Crippen LogP contribution in [0.3, 0.4) is 0 Å². The first-order valence-corrected chi connectivity index (χ1v) is 11.9. The molecule has 0 spiro atoms. The standard InChI is InChI=1S/C19H42N.CH4O5S/c1-5-6-7-8-9-10-11-12-13-14-15-16-17-18-19-20(2,3)4;1-5-6-7(2,3)4/h5-19H2,1-4H3;1H3,(H,2,3,4)/q+1;/p-1. The van der Waals surface area contributed by atoms with Crippen molar-refractivity contribution in [2.75, 3.05) is 34.8 Å². The van der Waals surface area contributed by atoms with Gasteiger partial charge in [-0.2, -0.15) is 0 Å². The quantitative estimate of drug-likeness (QED) is 0.0821. The Bertz CT molecular complexity index is 394. The lowest BCUT2D eigenvalue weighted by Gasteiger charge is -2.23. The van der Waals surface area contributed by atoms with Gasteiger partial charge in [-0.1, -0.05) is 84.0 Å². The van der Waals surface area contributed by atoms with Gasteiger partial charge in [-0.15, -0.1) is 4.33 Å². The first-order chi connectivity index (χ1) is 12.6. The van der Waals surface area contributed by atoms with Crippen molar-refractivity contribution >= 4 is 10.4 Å². The van der Waals surface area contributed by atoms with E-state index >= 15 is 0 Å². The van der Waals surface area contributed by atoms with Crippen molar-refractivity contribution in [3.8, 4) is 0 Å². The van der Waals surface area contributed by atoms with Crippen LogP contribution in [-0.2, 0) is 19.6 Å². The molecule has 0 aromatic heterocycles. The predicted molar refractivity (Wildman–Crippen MR) is 111 cm³/mol. The summed E-state index contributed by atoms with van der Waals surface area (Å²) in [5, 5.41) is 0. The summed E-state index contributed by atoms with van der Waals surface area (Å²) in [4.78, 5) is 3.51. The van der Waals surface area contributed by atoms with Crippen molar-refractivity contribution in [2.45, 2.75) is 96.8 Å². The fourth-order valence-electron chi connectivity index (χ4n) is 2.86. The van der Waals surface area contributed by atoms with Gasteiger partial charge in [0.05, 0.1) is 34.8 Å². The molecular weight excluding hydrogens is 366 g/mol. The summed E-state index contributed by atoms with van der Waals surface area (Å²) in [5.74, 6) is 0. The lowest BCUT2D eigenvalue weighted by atomic mass is 10.0. The zero-order chi connectivity index (χ0) is 21.0. The Balaban J connectivity index is 0. The van der Waals surface area contributed by atoms with Gasteiger partial charge in [-0.3, -0.25) is 0 Å². The summed E-state index contributed by atoms with van der Waals surface area (Å²) in [5.41, 5.74) is 0. The summed E-state index contributed by atoms with van der Waals surface area (Å²) in [7, 11) is 3.16. The lowest BCUT2D eigenvalue weighted by Crippen LogP contribution is -2.35. The molecular formula is C20H45NO5S. The molecule has 0 rings (SSSR count). The molecule has 0 saturated carbocycles. The monoisotopic (exact) mass is 411 g/mol. The third-order valence-electron chi connectivity index (χ3n) is 4.33. The Morgan fingerprint density at radius 2 is 1.04 bits per heavy atom. The minimum atomic E-state index is -4.65. The molecule has 27 heavy (non-hydrogen) atoms. The first-order valence-electron chi connectivity index (χ1n) is 10.6. The van der Waals surface area contributed by atoms with Crippen molar-refractivity contribution in [1.29, 1.82) is 0 Å². The van der Waals surface area contributed by atoms with E-state index in [2.05, 4.69) is 37.3 Å². The third-order valence-corrected chi connectivity index (χ3v) is 4.64. The molecule has 0 radical (unpaired) electrons. The smallest absolute Gasteiger partial charge is 0.245 e. The van der Waals surface area contributed by atoms with E-state index in [0.29, 0.717) is 0 Å². The van der Waals surface area contributed by atoms with Crippen LogP contribution in [0.15, 0.2) is 0 Å². The summed E-state index contributed by atoms with van der Waals surface area (Å²) in [6.07, 6.45) is 20.4. The Kier molecular flexibility index (Phi) is 20.5. The van der Waals surface area contributed by atoms with Crippen molar-refractivity contribution in [2.24, 2.45) is 0 Å². The Morgan fingerprint density at radius 1 is 0.704 bits per heavy atom. The second kappa shape index (κ2) is 19.1. The molecule has 0 amide bonds. The van der Waals surface area contributed by atoms with Gasteiger partial charge in [0.25, 0.3) is 0 Å². The van der Waals surface area contributed by atoms with E-state index in [9.17, 15) is 13.0 Å². The van der Waals surface area contributed by atoms with Crippen LogP contribution >= 0.6 is 0 Å². The van der Waals surface area contributed by atoms with E-state index < -0.39 is 10.4 Å². The molecule has 0 aliphatic rings. The van der Waals surface area contributed by atoms with Crippen LogP contribution in [0.2, 0.25) is 0 Å². The van der Waals surface area contributed by atoms with E-state index in [-0.39, 0.29) is 0 Å². The number of hydrogen-bond donors (Lipinski definition) is 0. The highest BCUT2D eigenvalue weighted by Crippen LogP contribution is 2.13. The van der Waals surface area contributed by atoms with Crippen LogP contribution in [0, 0.1) is 0 Å². The molecule has 0 aromatic rings. The van der Waals surface area contributed by atoms with Gasteiger partial charge < -0.3 is 9.04 Å². The SMILES string of the molecule is CCCCCCCCCCCCCCCC[N+](C)(C)C.COOS(=O)(=O)[O-]. The average Bonchev–Trinajstić information content (AvgIpc) is 2.53. The third kappa shape index (κ3) is 33.8. The molecule has 166 valence electrons. The van der Waals surface area contributed by atoms with Gasteiger partial charge in [-0.05, 0) is 12.8 Å². The Labute approximate surface area is 169 Å². The summed E-state index contributed by atoms with van der Waals surface area (Å²) in [6, 6.07) is 0. The Hall–Kier alpha value is -0.210. The van der Waals surface area contributed by atoms with Gasteiger partial charge in [0.2, 0.25) is 10.4 Å². The molecule has 7 heteroatoms. The molecule has 0 bridgehead atoms. The molecule has 0 aromatic carbocycles. The van der Waals surface area contributed by atoms with Gasteiger partial charge in [0, 0.05) is 0 Å².